The van der Waals surface area contributed by atoms with Gasteiger partial charge in [0.1, 0.15) is 0 Å². The average molecular weight is 300 g/mol. The molecule has 0 saturated heterocycles. The van der Waals surface area contributed by atoms with Crippen LogP contribution in [0.1, 0.15) is 85.5 Å². The first kappa shape index (κ1) is 19.9. The molecule has 0 aromatic rings. The zero-order valence-electron chi connectivity index (χ0n) is 14.1. The Morgan fingerprint density at radius 2 is 1.19 bits per heavy atom. The second-order valence-corrected chi connectivity index (χ2v) is 6.84. The summed E-state index contributed by atoms with van der Waals surface area (Å²) in [6.45, 7) is 7.55. The van der Waals surface area contributed by atoms with Gasteiger partial charge in [-0.05, 0) is 39.5 Å². The summed E-state index contributed by atoms with van der Waals surface area (Å²) < 4.78 is 0. The molecule has 0 radical (unpaired) electrons. The van der Waals surface area contributed by atoms with Gasteiger partial charge in [-0.1, -0.05) is 46.0 Å². The third kappa shape index (κ3) is 6.49. The van der Waals surface area contributed by atoms with Gasteiger partial charge in [-0.3, -0.25) is 9.59 Å². The first-order valence-electron chi connectivity index (χ1n) is 8.18. The van der Waals surface area contributed by atoms with E-state index in [0.717, 1.165) is 25.7 Å². The van der Waals surface area contributed by atoms with Crippen LogP contribution in [0.3, 0.4) is 0 Å². The molecule has 0 aromatic heterocycles. The Kier molecular flexibility index (Phi) is 8.60. The minimum Gasteiger partial charge on any atom is -0.481 e. The maximum Gasteiger partial charge on any atom is 0.309 e. The first-order chi connectivity index (χ1) is 9.72. The number of unbranched alkanes of at least 4 members (excludes halogenated alkanes) is 2. The number of carboxylic acid groups (broad SMARTS) is 2. The smallest absolute Gasteiger partial charge is 0.309 e. The summed E-state index contributed by atoms with van der Waals surface area (Å²) in [5.74, 6) is -1.52. The second kappa shape index (κ2) is 9.06. The highest BCUT2D eigenvalue weighted by molar-refractivity contribution is 5.75. The van der Waals surface area contributed by atoms with Gasteiger partial charge in [0, 0.05) is 0 Å². The van der Waals surface area contributed by atoms with Crippen LogP contribution in [0.5, 0.6) is 0 Å². The van der Waals surface area contributed by atoms with Gasteiger partial charge in [0.05, 0.1) is 10.8 Å². The fourth-order valence-electron chi connectivity index (χ4n) is 2.70. The van der Waals surface area contributed by atoms with Crippen LogP contribution < -0.4 is 0 Å². The van der Waals surface area contributed by atoms with Crippen molar-refractivity contribution in [1.82, 2.24) is 0 Å². The summed E-state index contributed by atoms with van der Waals surface area (Å²) >= 11 is 0. The molecule has 0 saturated carbocycles. The van der Waals surface area contributed by atoms with Crippen LogP contribution >= 0.6 is 0 Å². The zero-order chi connectivity index (χ0) is 16.5. The molecule has 0 bridgehead atoms. The van der Waals surface area contributed by atoms with Crippen molar-refractivity contribution < 1.29 is 19.8 Å². The van der Waals surface area contributed by atoms with Crippen molar-refractivity contribution in [1.29, 1.82) is 0 Å². The molecule has 0 rings (SSSR count). The molecule has 0 aliphatic heterocycles. The molecule has 4 nitrogen and oxygen atoms in total. The van der Waals surface area contributed by atoms with E-state index in [1.807, 2.05) is 0 Å². The van der Waals surface area contributed by atoms with Crippen molar-refractivity contribution in [2.45, 2.75) is 85.5 Å². The van der Waals surface area contributed by atoms with E-state index in [2.05, 4.69) is 13.8 Å². The summed E-state index contributed by atoms with van der Waals surface area (Å²) in [5.41, 5.74) is -1.44. The lowest BCUT2D eigenvalue weighted by molar-refractivity contribution is -0.151. The lowest BCUT2D eigenvalue weighted by Crippen LogP contribution is -2.32. The van der Waals surface area contributed by atoms with Gasteiger partial charge in [-0.2, -0.15) is 0 Å². The third-order valence-corrected chi connectivity index (χ3v) is 4.51. The number of hydrogen-bond donors (Lipinski definition) is 2. The Labute approximate surface area is 128 Å². The van der Waals surface area contributed by atoms with Crippen LogP contribution in [-0.2, 0) is 9.59 Å². The van der Waals surface area contributed by atoms with Gasteiger partial charge in [-0.25, -0.2) is 0 Å². The van der Waals surface area contributed by atoms with Crippen molar-refractivity contribution in [3.63, 3.8) is 0 Å². The highest BCUT2D eigenvalue weighted by Crippen LogP contribution is 2.38. The van der Waals surface area contributed by atoms with Crippen molar-refractivity contribution in [3.05, 3.63) is 0 Å². The maximum absolute atomic E-state index is 11.8. The quantitative estimate of drug-likeness (QED) is 0.547. The van der Waals surface area contributed by atoms with E-state index in [1.165, 1.54) is 0 Å². The molecule has 124 valence electrons. The van der Waals surface area contributed by atoms with E-state index in [0.29, 0.717) is 32.1 Å². The Morgan fingerprint density at radius 3 is 1.52 bits per heavy atom. The Hall–Kier alpha value is -1.06. The van der Waals surface area contributed by atoms with Gasteiger partial charge in [0.25, 0.3) is 0 Å². The van der Waals surface area contributed by atoms with E-state index in [-0.39, 0.29) is 0 Å². The molecule has 0 aromatic carbocycles. The predicted molar refractivity (Wildman–Crippen MR) is 84.4 cm³/mol. The monoisotopic (exact) mass is 300 g/mol. The minimum atomic E-state index is -0.814. The van der Waals surface area contributed by atoms with E-state index >= 15 is 0 Å². The first-order valence-corrected chi connectivity index (χ1v) is 8.18. The van der Waals surface area contributed by atoms with Crippen LogP contribution in [-0.4, -0.2) is 22.2 Å². The SMILES string of the molecule is CCCCC(CCCC)(CCCC(C)(C)C(=O)O)C(=O)O. The average Bonchev–Trinajstić information content (AvgIpc) is 2.40. The predicted octanol–water partition coefficient (Wildman–Crippen LogP) is 4.72. The van der Waals surface area contributed by atoms with Crippen molar-refractivity contribution in [2.24, 2.45) is 10.8 Å². The van der Waals surface area contributed by atoms with Crippen LogP contribution in [0, 0.1) is 10.8 Å². The molecular weight excluding hydrogens is 268 g/mol. The molecule has 0 aliphatic rings. The van der Waals surface area contributed by atoms with Crippen LogP contribution in [0.4, 0.5) is 0 Å². The summed E-state index contributed by atoms with van der Waals surface area (Å²) in [6.07, 6.45) is 6.96. The van der Waals surface area contributed by atoms with Gasteiger partial charge >= 0.3 is 11.9 Å². The highest BCUT2D eigenvalue weighted by Gasteiger charge is 2.37. The number of hydrogen-bond acceptors (Lipinski definition) is 2. The van der Waals surface area contributed by atoms with E-state index in [4.69, 9.17) is 5.11 Å². The van der Waals surface area contributed by atoms with Crippen LogP contribution in [0.25, 0.3) is 0 Å². The maximum atomic E-state index is 11.8. The molecule has 0 spiro atoms. The number of carboxylic acids is 2. The normalized spacial score (nSPS) is 12.4. The van der Waals surface area contributed by atoms with Crippen molar-refractivity contribution >= 4 is 11.9 Å². The molecule has 0 fully saturated rings. The topological polar surface area (TPSA) is 74.6 Å². The standard InChI is InChI=1S/C17H32O4/c1-5-7-11-17(15(20)21,12-8-6-2)13-9-10-16(3,4)14(18)19/h5-13H2,1-4H3,(H,18,19)(H,20,21). The summed E-state index contributed by atoms with van der Waals surface area (Å²) in [6, 6.07) is 0. The molecule has 2 N–H and O–H groups in total. The van der Waals surface area contributed by atoms with Crippen molar-refractivity contribution in [2.75, 3.05) is 0 Å². The fourth-order valence-corrected chi connectivity index (χ4v) is 2.70. The lowest BCUT2D eigenvalue weighted by atomic mass is 9.73. The molecule has 0 aliphatic carbocycles. The summed E-state index contributed by atoms with van der Waals surface area (Å²) in [5, 5.41) is 18.8. The Morgan fingerprint density at radius 1 is 0.762 bits per heavy atom. The lowest BCUT2D eigenvalue weighted by Gasteiger charge is -2.31. The van der Waals surface area contributed by atoms with E-state index in [9.17, 15) is 14.7 Å². The van der Waals surface area contributed by atoms with Gasteiger partial charge in [0.15, 0.2) is 0 Å². The Balaban J connectivity index is 4.79. The molecule has 0 heterocycles. The molecule has 0 amide bonds. The Bertz CT molecular complexity index is 326. The van der Waals surface area contributed by atoms with E-state index < -0.39 is 22.8 Å². The number of carbonyl (C=O) groups is 2. The third-order valence-electron chi connectivity index (χ3n) is 4.51. The number of rotatable bonds is 12. The molecular formula is C17H32O4. The molecule has 21 heavy (non-hydrogen) atoms. The summed E-state index contributed by atoms with van der Waals surface area (Å²) in [4.78, 5) is 22.9. The van der Waals surface area contributed by atoms with Gasteiger partial charge in [0.2, 0.25) is 0 Å². The molecule has 0 unspecified atom stereocenters. The second-order valence-electron chi connectivity index (χ2n) is 6.84. The highest BCUT2D eigenvalue weighted by atomic mass is 16.4. The van der Waals surface area contributed by atoms with E-state index in [1.54, 1.807) is 13.8 Å². The zero-order valence-corrected chi connectivity index (χ0v) is 14.1. The summed E-state index contributed by atoms with van der Waals surface area (Å²) in [7, 11) is 0. The molecule has 0 atom stereocenters. The van der Waals surface area contributed by atoms with Gasteiger partial charge < -0.3 is 10.2 Å². The van der Waals surface area contributed by atoms with Crippen LogP contribution in [0.15, 0.2) is 0 Å². The van der Waals surface area contributed by atoms with Crippen LogP contribution in [0.2, 0.25) is 0 Å². The largest absolute Gasteiger partial charge is 0.481 e. The van der Waals surface area contributed by atoms with Crippen molar-refractivity contribution in [3.8, 4) is 0 Å². The van der Waals surface area contributed by atoms with Gasteiger partial charge in [-0.15, -0.1) is 0 Å². The minimum absolute atomic E-state index is 0.523. The molecule has 4 heteroatoms. The fraction of sp³-hybridized carbons (Fsp3) is 0.882. The number of aliphatic carboxylic acids is 2.